The number of rotatable bonds is 83. The van der Waals surface area contributed by atoms with Crippen molar-refractivity contribution in [2.45, 2.75) is 383 Å². The molecule has 0 aromatic carbocycles. The van der Waals surface area contributed by atoms with E-state index in [1.807, 2.05) is 9.80 Å². The Bertz CT molecular complexity index is 2500. The minimum absolute atomic E-state index is 0. The number of amides is 10. The molecule has 0 rings (SSSR count). The average molecular weight is 1970 g/mol. The summed E-state index contributed by atoms with van der Waals surface area (Å²) in [7, 11) is 0. The predicted octanol–water partition coefficient (Wildman–Crippen LogP) is -22.9. The smallest absolute Gasteiger partial charge is 0.278 e. The van der Waals surface area contributed by atoms with E-state index < -0.39 is 97.0 Å². The third-order valence-corrected chi connectivity index (χ3v) is 21.9. The number of aliphatic hydroxyl groups excluding tert-OH is 2. The van der Waals surface area contributed by atoms with Crippen molar-refractivity contribution in [2.75, 3.05) is 91.8 Å². The molecule has 30 nitrogen and oxygen atoms in total. The number of quaternary nitrogens is 8. The molecule has 750 valence electrons. The zero-order valence-corrected chi connectivity index (χ0v) is 83.8. The van der Waals surface area contributed by atoms with Crippen LogP contribution in [0.5, 0.6) is 0 Å². The lowest BCUT2D eigenvalue weighted by Crippen LogP contribution is -3.00. The van der Waals surface area contributed by atoms with Crippen molar-refractivity contribution in [3.05, 3.63) is 24.3 Å². The fourth-order valence-corrected chi connectivity index (χ4v) is 14.2. The molecule has 0 aromatic heterocycles. The minimum atomic E-state index is -1.36. The van der Waals surface area contributed by atoms with Crippen LogP contribution in [0.25, 0.3) is 0 Å². The lowest BCUT2D eigenvalue weighted by Gasteiger charge is -2.26. The maximum Gasteiger partial charge on any atom is 0.278 e. The van der Waals surface area contributed by atoms with E-state index >= 15 is 0 Å². The Balaban J connectivity index is -0.00000244. The Labute approximate surface area is 808 Å². The monoisotopic (exact) mass is 1960 g/mol. The van der Waals surface area contributed by atoms with Crippen molar-refractivity contribution in [3.8, 4) is 0 Å². The van der Waals surface area contributed by atoms with Gasteiger partial charge >= 0.3 is 0 Å². The summed E-state index contributed by atoms with van der Waals surface area (Å²) in [4.78, 5) is 142. The topological polar surface area (TPSA) is 535 Å². The lowest BCUT2D eigenvalue weighted by atomic mass is 10.0. The number of allylic oxidation sites excluding steroid dienone is 4. The van der Waals surface area contributed by atoms with Crippen molar-refractivity contribution in [2.24, 2.45) is 0 Å². The van der Waals surface area contributed by atoms with Crippen LogP contribution < -0.4 is 188 Å². The van der Waals surface area contributed by atoms with Gasteiger partial charge in [0.2, 0.25) is 47.3 Å². The maximum atomic E-state index is 14.3. The van der Waals surface area contributed by atoms with Gasteiger partial charge in [-0.3, -0.25) is 47.9 Å². The molecule has 0 aliphatic heterocycles. The summed E-state index contributed by atoms with van der Waals surface area (Å²) in [5, 5.41) is 43.5. The molecule has 10 amide bonds. The first-order valence-electron chi connectivity index (χ1n) is 47.1. The zero-order chi connectivity index (χ0) is 87.3. The van der Waals surface area contributed by atoms with Crippen molar-refractivity contribution in [1.29, 1.82) is 0 Å². The van der Waals surface area contributed by atoms with Gasteiger partial charge in [-0.2, -0.15) is 0 Å². The zero-order valence-electron chi connectivity index (χ0n) is 77.7. The first-order valence-corrected chi connectivity index (χ1v) is 47.1. The number of aliphatic hydroxyl groups is 2. The summed E-state index contributed by atoms with van der Waals surface area (Å²) in [5.41, 5.74) is 31.5. The second kappa shape index (κ2) is 100. The van der Waals surface area contributed by atoms with Crippen LogP contribution in [0.3, 0.4) is 0 Å². The van der Waals surface area contributed by atoms with Gasteiger partial charge in [0.25, 0.3) is 11.8 Å². The van der Waals surface area contributed by atoms with Crippen LogP contribution in [0.1, 0.15) is 335 Å². The third kappa shape index (κ3) is 76.6. The van der Waals surface area contributed by atoms with Crippen molar-refractivity contribution in [3.63, 3.8) is 0 Å². The Kier molecular flexibility index (Phi) is 111. The van der Waals surface area contributed by atoms with Gasteiger partial charge in [0.15, 0.2) is 12.1 Å². The fourth-order valence-electron chi connectivity index (χ4n) is 14.2. The van der Waals surface area contributed by atoms with Crippen molar-refractivity contribution >= 4 is 59.1 Å². The van der Waals surface area contributed by atoms with Crippen LogP contribution in [0.2, 0.25) is 0 Å². The molecule has 0 radical (unpaired) electrons. The molecule has 0 aromatic rings. The Morgan fingerprint density at radius 1 is 0.262 bits per heavy atom. The van der Waals surface area contributed by atoms with Gasteiger partial charge < -0.3 is 208 Å². The van der Waals surface area contributed by atoms with Crippen LogP contribution in [-0.2, 0) is 47.9 Å². The maximum absolute atomic E-state index is 14.3. The molecule has 126 heavy (non-hydrogen) atoms. The normalized spacial score (nSPS) is 12.7. The first-order chi connectivity index (χ1) is 57.3. The van der Waals surface area contributed by atoms with Crippen LogP contribution in [0.15, 0.2) is 24.3 Å². The number of nitrogens with zero attached hydrogens (tertiary/aromatic N) is 2. The van der Waals surface area contributed by atoms with E-state index in [0.717, 1.165) is 142 Å². The van der Waals surface area contributed by atoms with Crippen LogP contribution in [0, 0.1) is 0 Å². The highest BCUT2D eigenvalue weighted by Crippen LogP contribution is 2.17. The van der Waals surface area contributed by atoms with E-state index in [4.69, 9.17) is 0 Å². The molecule has 0 aliphatic carbocycles. The van der Waals surface area contributed by atoms with E-state index in [2.05, 4.69) is 127 Å². The van der Waals surface area contributed by atoms with Gasteiger partial charge in [0.05, 0.1) is 52.5 Å². The molecule has 0 spiro atoms. The molecule has 0 saturated carbocycles. The van der Waals surface area contributed by atoms with E-state index in [0.29, 0.717) is 155 Å². The van der Waals surface area contributed by atoms with Gasteiger partial charge in [-0.25, -0.2) is 0 Å². The molecular formula is C88H180Cl8N18O12. The van der Waals surface area contributed by atoms with Crippen LogP contribution in [0.4, 0.5) is 0 Å². The summed E-state index contributed by atoms with van der Waals surface area (Å²) >= 11 is 0. The number of hydrogen-bond donors (Lipinski definition) is 18. The van der Waals surface area contributed by atoms with Gasteiger partial charge in [0, 0.05) is 65.0 Å². The first kappa shape index (κ1) is 140. The number of carbonyl (C=O) groups is 10. The molecule has 8 atom stereocenters. The molecular weight excluding hydrogens is 1780 g/mol. The number of nitrogens with one attached hydrogen (secondary N) is 8. The highest BCUT2D eigenvalue weighted by Gasteiger charge is 2.34. The summed E-state index contributed by atoms with van der Waals surface area (Å²) in [6, 6.07) is -7.90. The van der Waals surface area contributed by atoms with Crippen LogP contribution in [-0.4, -0.2) is 219 Å². The molecule has 34 N–H and O–H groups in total. The van der Waals surface area contributed by atoms with Gasteiger partial charge in [0.1, 0.15) is 36.3 Å². The molecule has 0 heterocycles. The summed E-state index contributed by atoms with van der Waals surface area (Å²) in [5.74, 6) is -4.41. The summed E-state index contributed by atoms with van der Waals surface area (Å²) in [6.07, 6.45) is 51.7. The average Bonchev–Trinajstić information content (AvgIpc) is 0.873. The largest absolute Gasteiger partial charge is 1.00 e. The number of hydrogen-bond acceptors (Lipinski definition) is 12. The van der Waals surface area contributed by atoms with E-state index in [9.17, 15) is 58.2 Å². The summed E-state index contributed by atoms with van der Waals surface area (Å²) < 4.78 is 0. The van der Waals surface area contributed by atoms with E-state index in [1.54, 1.807) is 0 Å². The number of halogens is 8. The van der Waals surface area contributed by atoms with E-state index in [1.165, 1.54) is 77.0 Å². The Morgan fingerprint density at radius 2 is 0.484 bits per heavy atom. The van der Waals surface area contributed by atoms with Gasteiger partial charge in [-0.1, -0.05) is 141 Å². The fraction of sp³-hybridized carbons (Fsp3) is 0.841. The molecule has 0 unspecified atom stereocenters. The summed E-state index contributed by atoms with van der Waals surface area (Å²) in [6.45, 7) is 8.65. The van der Waals surface area contributed by atoms with Gasteiger partial charge in [-0.15, -0.1) is 0 Å². The minimum Gasteiger partial charge on any atom is -1.00 e. The van der Waals surface area contributed by atoms with Crippen LogP contribution >= 0.6 is 0 Å². The van der Waals surface area contributed by atoms with Crippen molar-refractivity contribution < 1.29 is 203 Å². The van der Waals surface area contributed by atoms with E-state index in [-0.39, 0.29) is 149 Å². The highest BCUT2D eigenvalue weighted by atomic mass is 35.5. The van der Waals surface area contributed by atoms with Gasteiger partial charge in [-0.05, 0) is 193 Å². The molecule has 0 aliphatic rings. The predicted molar refractivity (Wildman–Crippen MR) is 465 cm³/mol. The molecule has 0 saturated heterocycles. The Morgan fingerprint density at radius 3 is 0.738 bits per heavy atom. The van der Waals surface area contributed by atoms with Crippen molar-refractivity contribution in [1.82, 2.24) is 52.3 Å². The highest BCUT2D eigenvalue weighted by molar-refractivity contribution is 5.96. The number of carbonyl (C=O) groups excluding carboxylic acids is 10. The second-order valence-corrected chi connectivity index (χ2v) is 32.6. The standard InChI is InChI=1S/C88H172N18O12.8ClH/c1-3-5-7-9-11-13-15-17-19-21-23-25-27-29-31-55-79(109)105(67-47-63-97-83(113)77(69-107)103-87(117)75(53-37-43-61-93)101-85(115)73(51-35-41-59-91)99-81(111)71(95)49-33-39-57-89)65-45-46-66-106(80(110)56-32-30-28-26-24-22-20-18-16-14-12-10-8-6-4-2)68-48-64-98-84(114)78(70-108)104-88(118)76(54-38-44-62-94)102-86(116)74(52-36-42-60-92)100-82(112)72(96)50-34-40-58-90;;;;;;;;/h17-20,71-78,107-108H,3-16,21-70,89-96H2,1-2H3,(H,97,113)(H,98,114)(H,99,111)(H,100,112)(H,101,115)(H,102,116)(H,103,117)(H,104,118);8*1H/b19-17-,20-18-;;;;;;;;/t71-,72-,73-,74-,75-,76-,77-,78-;;;;;;;;/m0......../s1. The molecule has 0 fully saturated rings. The molecule has 0 bridgehead atoms. The lowest BCUT2D eigenvalue weighted by molar-refractivity contribution is -0.406. The molecule has 38 heteroatoms. The SMILES string of the molecule is CCCCCCCC/C=C\CCCCCCCC(=O)N(CCCCN(CCCNC(=O)[C@H](CO)NC(=O)[C@H](CCCC[NH3+])NC(=O)[C@H](CCCC[NH3+])NC(=O)[C@@H]([NH3+])CCCC[NH3+])C(=O)CCCCCCC/C=C\CCCCCCCC)CCCNC(=O)[C@H](CO)NC(=O)[C@H](CCCC[NH3+])NC(=O)[C@H](CCCC[NH3+])NC(=O)[C@@H]([NH3+])CCCC[NH3+].[Cl-].[Cl-].[Cl-].[Cl-].[Cl-].[Cl-].[Cl-].[Cl-]. The number of unbranched alkanes of at least 4 members (excludes halogenated alkanes) is 29. The third-order valence-electron chi connectivity index (χ3n) is 21.9. The second-order valence-electron chi connectivity index (χ2n) is 32.6. The quantitative estimate of drug-likeness (QED) is 0.0200. The Hall–Kier alpha value is -3.90.